The molecule has 0 aliphatic heterocycles. The molecule has 0 saturated heterocycles. The van der Waals surface area contributed by atoms with Crippen LogP contribution in [0.3, 0.4) is 0 Å². The quantitative estimate of drug-likeness (QED) is 0.367. The lowest BCUT2D eigenvalue weighted by atomic mass is 10.1. The lowest BCUT2D eigenvalue weighted by Gasteiger charge is -2.04. The maximum absolute atomic E-state index is 11.9. The van der Waals surface area contributed by atoms with Gasteiger partial charge in [0, 0.05) is 10.5 Å². The molecule has 0 aliphatic carbocycles. The monoisotopic (exact) mass is 352 g/mol. The Kier molecular flexibility index (Phi) is 4.35. The van der Waals surface area contributed by atoms with E-state index in [9.17, 15) is 4.79 Å². The van der Waals surface area contributed by atoms with Crippen molar-refractivity contribution in [2.45, 2.75) is 0 Å². The van der Waals surface area contributed by atoms with E-state index in [2.05, 4.69) is 15.9 Å². The Balaban J connectivity index is 1.74. The van der Waals surface area contributed by atoms with Crippen molar-refractivity contribution < 1.29 is 9.53 Å². The molecule has 0 unspecified atom stereocenters. The maximum Gasteiger partial charge on any atom is 0.336 e. The van der Waals surface area contributed by atoms with E-state index < -0.39 is 0 Å². The van der Waals surface area contributed by atoms with Crippen LogP contribution in [0.2, 0.25) is 0 Å². The van der Waals surface area contributed by atoms with Crippen LogP contribution < -0.4 is 4.74 Å². The number of fused-ring (bicyclic) bond motifs is 1. The van der Waals surface area contributed by atoms with Crippen LogP contribution in [0.15, 0.2) is 77.3 Å². The Bertz CT molecular complexity index is 838. The second-order valence-corrected chi connectivity index (χ2v) is 5.73. The molecular formula is C19H13BrO2. The number of carbonyl (C=O) groups excluding carboxylic acids is 1. The molecule has 0 heterocycles. The van der Waals surface area contributed by atoms with Crippen molar-refractivity contribution in [3.05, 3.63) is 82.8 Å². The number of ether oxygens (including phenoxy) is 1. The van der Waals surface area contributed by atoms with Crippen LogP contribution in [0.1, 0.15) is 5.56 Å². The summed E-state index contributed by atoms with van der Waals surface area (Å²) < 4.78 is 6.36. The number of esters is 1. The van der Waals surface area contributed by atoms with Gasteiger partial charge in [0.15, 0.2) is 0 Å². The van der Waals surface area contributed by atoms with Gasteiger partial charge in [0.2, 0.25) is 0 Å². The summed E-state index contributed by atoms with van der Waals surface area (Å²) >= 11 is 3.44. The lowest BCUT2D eigenvalue weighted by molar-refractivity contribution is -0.128. The minimum atomic E-state index is -0.389. The summed E-state index contributed by atoms with van der Waals surface area (Å²) in [5.41, 5.74) is 0.961. The summed E-state index contributed by atoms with van der Waals surface area (Å²) in [5, 5.41) is 2.12. The summed E-state index contributed by atoms with van der Waals surface area (Å²) in [7, 11) is 0. The van der Waals surface area contributed by atoms with Gasteiger partial charge in [-0.25, -0.2) is 4.79 Å². The van der Waals surface area contributed by atoms with E-state index in [1.165, 1.54) is 6.08 Å². The standard InChI is InChI=1S/C19H13BrO2/c20-17-9-7-16-13-18(10-8-15(16)12-17)22-19(21)11-6-14-4-2-1-3-5-14/h1-13H/b11-6-. The van der Waals surface area contributed by atoms with E-state index in [4.69, 9.17) is 4.74 Å². The van der Waals surface area contributed by atoms with Gasteiger partial charge in [-0.1, -0.05) is 58.4 Å². The molecule has 0 fully saturated rings. The molecule has 0 aliphatic rings. The molecule has 3 rings (SSSR count). The lowest BCUT2D eigenvalue weighted by Crippen LogP contribution is -2.03. The van der Waals surface area contributed by atoms with Crippen LogP contribution in [-0.2, 0) is 4.79 Å². The Labute approximate surface area is 137 Å². The van der Waals surface area contributed by atoms with Crippen molar-refractivity contribution in [1.82, 2.24) is 0 Å². The highest BCUT2D eigenvalue weighted by atomic mass is 79.9. The minimum absolute atomic E-state index is 0.389. The number of benzene rings is 3. The summed E-state index contributed by atoms with van der Waals surface area (Å²) in [6.45, 7) is 0. The molecule has 0 radical (unpaired) electrons. The zero-order valence-electron chi connectivity index (χ0n) is 11.7. The van der Waals surface area contributed by atoms with Crippen LogP contribution in [0, 0.1) is 0 Å². The van der Waals surface area contributed by atoms with Crippen molar-refractivity contribution >= 4 is 38.7 Å². The molecule has 0 atom stereocenters. The first-order valence-electron chi connectivity index (χ1n) is 6.85. The van der Waals surface area contributed by atoms with Crippen molar-refractivity contribution in [1.29, 1.82) is 0 Å². The van der Waals surface area contributed by atoms with E-state index in [0.717, 1.165) is 20.8 Å². The van der Waals surface area contributed by atoms with Gasteiger partial charge in [0.05, 0.1) is 0 Å². The fraction of sp³-hybridized carbons (Fsp3) is 0. The van der Waals surface area contributed by atoms with Crippen molar-refractivity contribution in [3.63, 3.8) is 0 Å². The Morgan fingerprint density at radius 3 is 2.45 bits per heavy atom. The minimum Gasteiger partial charge on any atom is -0.423 e. The van der Waals surface area contributed by atoms with E-state index in [0.29, 0.717) is 5.75 Å². The van der Waals surface area contributed by atoms with E-state index >= 15 is 0 Å². The van der Waals surface area contributed by atoms with Crippen molar-refractivity contribution in [2.75, 3.05) is 0 Å². The molecule has 0 amide bonds. The summed E-state index contributed by atoms with van der Waals surface area (Å²) in [4.78, 5) is 11.9. The van der Waals surface area contributed by atoms with Gasteiger partial charge in [-0.15, -0.1) is 0 Å². The average molecular weight is 353 g/mol. The van der Waals surface area contributed by atoms with Crippen molar-refractivity contribution in [3.8, 4) is 5.75 Å². The Morgan fingerprint density at radius 2 is 1.64 bits per heavy atom. The number of carbonyl (C=O) groups is 1. The van der Waals surface area contributed by atoms with E-state index in [1.54, 1.807) is 12.1 Å². The molecule has 0 aromatic heterocycles. The first-order valence-corrected chi connectivity index (χ1v) is 7.64. The average Bonchev–Trinajstić information content (AvgIpc) is 2.54. The van der Waals surface area contributed by atoms with E-state index in [-0.39, 0.29) is 5.97 Å². The van der Waals surface area contributed by atoms with Gasteiger partial charge < -0.3 is 4.74 Å². The second-order valence-electron chi connectivity index (χ2n) is 4.82. The normalized spacial score (nSPS) is 11.0. The number of hydrogen-bond acceptors (Lipinski definition) is 2. The smallest absolute Gasteiger partial charge is 0.336 e. The number of hydrogen-bond donors (Lipinski definition) is 0. The first-order chi connectivity index (χ1) is 10.7. The molecular weight excluding hydrogens is 340 g/mol. The fourth-order valence-corrected chi connectivity index (χ4v) is 2.52. The van der Waals surface area contributed by atoms with Gasteiger partial charge in [0.1, 0.15) is 5.75 Å². The first kappa shape index (κ1) is 14.5. The topological polar surface area (TPSA) is 26.3 Å². The summed E-state index contributed by atoms with van der Waals surface area (Å²) in [6, 6.07) is 21.2. The van der Waals surface area contributed by atoms with Gasteiger partial charge in [0.25, 0.3) is 0 Å². The molecule has 3 aromatic rings. The Morgan fingerprint density at radius 1 is 0.909 bits per heavy atom. The highest BCUT2D eigenvalue weighted by Gasteiger charge is 2.02. The molecule has 0 N–H and O–H groups in total. The van der Waals surface area contributed by atoms with Crippen molar-refractivity contribution in [2.24, 2.45) is 0 Å². The molecule has 0 bridgehead atoms. The Hall–Kier alpha value is -2.39. The molecule has 3 aromatic carbocycles. The highest BCUT2D eigenvalue weighted by molar-refractivity contribution is 9.10. The summed E-state index contributed by atoms with van der Waals surface area (Å²) in [5.74, 6) is 0.151. The highest BCUT2D eigenvalue weighted by Crippen LogP contribution is 2.24. The van der Waals surface area contributed by atoms with Gasteiger partial charge in [-0.05, 0) is 46.7 Å². The second kappa shape index (κ2) is 6.58. The predicted octanol–water partition coefficient (Wildman–Crippen LogP) is 5.22. The molecule has 108 valence electrons. The van der Waals surface area contributed by atoms with Gasteiger partial charge in [-0.2, -0.15) is 0 Å². The third kappa shape index (κ3) is 3.62. The molecule has 22 heavy (non-hydrogen) atoms. The fourth-order valence-electron chi connectivity index (χ4n) is 2.14. The third-order valence-electron chi connectivity index (χ3n) is 3.20. The van der Waals surface area contributed by atoms with Crippen LogP contribution in [0.5, 0.6) is 5.75 Å². The maximum atomic E-state index is 11.9. The third-order valence-corrected chi connectivity index (χ3v) is 3.70. The number of rotatable bonds is 3. The van der Waals surface area contributed by atoms with E-state index in [1.807, 2.05) is 60.7 Å². The molecule has 2 nitrogen and oxygen atoms in total. The van der Waals surface area contributed by atoms with Crippen LogP contribution in [0.4, 0.5) is 0 Å². The largest absolute Gasteiger partial charge is 0.423 e. The van der Waals surface area contributed by atoms with Gasteiger partial charge in [-0.3, -0.25) is 0 Å². The summed E-state index contributed by atoms with van der Waals surface area (Å²) in [6.07, 6.45) is 3.17. The predicted molar refractivity (Wildman–Crippen MR) is 92.8 cm³/mol. The molecule has 0 spiro atoms. The SMILES string of the molecule is O=C(/C=C\c1ccccc1)Oc1ccc2cc(Br)ccc2c1. The van der Waals surface area contributed by atoms with Gasteiger partial charge >= 0.3 is 5.97 Å². The molecule has 0 saturated carbocycles. The zero-order valence-corrected chi connectivity index (χ0v) is 13.3. The van der Waals surface area contributed by atoms with Crippen LogP contribution in [0.25, 0.3) is 16.8 Å². The zero-order chi connectivity index (χ0) is 15.4. The van der Waals surface area contributed by atoms with Crippen LogP contribution >= 0.6 is 15.9 Å². The molecule has 3 heteroatoms. The van der Waals surface area contributed by atoms with Crippen LogP contribution in [-0.4, -0.2) is 5.97 Å². The number of halogens is 1.